The summed E-state index contributed by atoms with van der Waals surface area (Å²) in [7, 11) is 0. The van der Waals surface area contributed by atoms with Gasteiger partial charge < -0.3 is 10.3 Å². The van der Waals surface area contributed by atoms with E-state index in [2.05, 4.69) is 22.2 Å². The van der Waals surface area contributed by atoms with Crippen LogP contribution in [0.2, 0.25) is 0 Å². The van der Waals surface area contributed by atoms with Gasteiger partial charge in [0.1, 0.15) is 5.82 Å². The van der Waals surface area contributed by atoms with Crippen LogP contribution in [0, 0.1) is 5.92 Å². The third kappa shape index (κ3) is 2.56. The van der Waals surface area contributed by atoms with E-state index in [0.29, 0.717) is 0 Å². The Kier molecular flexibility index (Phi) is 2.64. The Labute approximate surface area is 79.0 Å². The van der Waals surface area contributed by atoms with Crippen LogP contribution in [0.15, 0.2) is 6.20 Å². The van der Waals surface area contributed by atoms with Crippen LogP contribution in [0.1, 0.15) is 31.3 Å². The number of H-pyrrole nitrogens is 1. The maximum Gasteiger partial charge on any atom is 0.106 e. The summed E-state index contributed by atoms with van der Waals surface area (Å²) < 4.78 is 0. The standard InChI is InChI=1S/C10H17N3/c1-2-11-6-9-7-12-10(13-9)5-8-3-4-8/h7-8,11H,2-6H2,1H3,(H,12,13). The molecule has 0 saturated heterocycles. The molecule has 3 heteroatoms. The fraction of sp³-hybridized carbons (Fsp3) is 0.700. The molecule has 0 atom stereocenters. The Morgan fingerprint density at radius 3 is 3.15 bits per heavy atom. The first-order chi connectivity index (χ1) is 6.38. The lowest BCUT2D eigenvalue weighted by Gasteiger charge is -1.96. The average Bonchev–Trinajstić information content (AvgIpc) is 2.81. The SMILES string of the molecule is CCNCc1cnc(CC2CC2)[nH]1. The third-order valence-corrected chi connectivity index (χ3v) is 2.43. The molecule has 0 bridgehead atoms. The number of imidazole rings is 1. The second kappa shape index (κ2) is 3.92. The second-order valence-electron chi connectivity index (χ2n) is 3.78. The smallest absolute Gasteiger partial charge is 0.106 e. The molecule has 0 amide bonds. The van der Waals surface area contributed by atoms with Crippen molar-refractivity contribution < 1.29 is 0 Å². The van der Waals surface area contributed by atoms with E-state index in [9.17, 15) is 0 Å². The number of hydrogen-bond donors (Lipinski definition) is 2. The van der Waals surface area contributed by atoms with E-state index in [4.69, 9.17) is 0 Å². The van der Waals surface area contributed by atoms with E-state index in [-0.39, 0.29) is 0 Å². The van der Waals surface area contributed by atoms with Crippen molar-refractivity contribution in [1.82, 2.24) is 15.3 Å². The number of aromatic amines is 1. The summed E-state index contributed by atoms with van der Waals surface area (Å²) in [6, 6.07) is 0. The van der Waals surface area contributed by atoms with E-state index in [1.165, 1.54) is 18.5 Å². The zero-order valence-electron chi connectivity index (χ0n) is 8.14. The first-order valence-corrected chi connectivity index (χ1v) is 5.12. The fourth-order valence-electron chi connectivity index (χ4n) is 1.45. The maximum absolute atomic E-state index is 4.35. The summed E-state index contributed by atoms with van der Waals surface area (Å²) in [5.41, 5.74) is 1.21. The minimum absolute atomic E-state index is 0.911. The Hall–Kier alpha value is -0.830. The molecule has 2 N–H and O–H groups in total. The van der Waals surface area contributed by atoms with Crippen molar-refractivity contribution in [3.8, 4) is 0 Å². The van der Waals surface area contributed by atoms with Crippen LogP contribution in [-0.4, -0.2) is 16.5 Å². The number of rotatable bonds is 5. The predicted octanol–water partition coefficient (Wildman–Crippen LogP) is 1.47. The van der Waals surface area contributed by atoms with Crippen LogP contribution >= 0.6 is 0 Å². The van der Waals surface area contributed by atoms with Crippen LogP contribution < -0.4 is 5.32 Å². The minimum Gasteiger partial charge on any atom is -0.345 e. The van der Waals surface area contributed by atoms with Crippen LogP contribution in [-0.2, 0) is 13.0 Å². The predicted molar refractivity (Wildman–Crippen MR) is 52.4 cm³/mol. The van der Waals surface area contributed by atoms with Gasteiger partial charge in [0.25, 0.3) is 0 Å². The highest BCUT2D eigenvalue weighted by molar-refractivity contribution is 5.02. The number of aromatic nitrogens is 2. The molecule has 1 saturated carbocycles. The largest absolute Gasteiger partial charge is 0.345 e. The summed E-state index contributed by atoms with van der Waals surface area (Å²) in [6.45, 7) is 4.03. The van der Waals surface area contributed by atoms with Gasteiger partial charge in [-0.3, -0.25) is 0 Å². The molecule has 0 radical (unpaired) electrons. The topological polar surface area (TPSA) is 40.7 Å². The molecule has 1 aromatic rings. The first-order valence-electron chi connectivity index (χ1n) is 5.12. The Morgan fingerprint density at radius 1 is 1.62 bits per heavy atom. The summed E-state index contributed by atoms with van der Waals surface area (Å²) in [6.07, 6.45) is 5.87. The van der Waals surface area contributed by atoms with Gasteiger partial charge in [-0.25, -0.2) is 4.98 Å². The minimum atomic E-state index is 0.911. The first kappa shape index (κ1) is 8.75. The highest BCUT2D eigenvalue weighted by Crippen LogP contribution is 2.31. The van der Waals surface area contributed by atoms with Crippen LogP contribution in [0.5, 0.6) is 0 Å². The van der Waals surface area contributed by atoms with E-state index in [1.54, 1.807) is 0 Å². The van der Waals surface area contributed by atoms with Gasteiger partial charge in [0.2, 0.25) is 0 Å². The second-order valence-corrected chi connectivity index (χ2v) is 3.78. The average molecular weight is 179 g/mol. The molecule has 1 aromatic heterocycles. The molecular formula is C10H17N3. The van der Waals surface area contributed by atoms with E-state index in [0.717, 1.165) is 31.3 Å². The molecule has 0 aromatic carbocycles. The lowest BCUT2D eigenvalue weighted by atomic mass is 10.3. The normalized spacial score (nSPS) is 16.4. The molecule has 1 aliphatic rings. The van der Waals surface area contributed by atoms with Gasteiger partial charge >= 0.3 is 0 Å². The molecule has 1 aliphatic carbocycles. The molecule has 1 heterocycles. The van der Waals surface area contributed by atoms with Crippen LogP contribution in [0.3, 0.4) is 0 Å². The van der Waals surface area contributed by atoms with Crippen molar-refractivity contribution in [1.29, 1.82) is 0 Å². The van der Waals surface area contributed by atoms with Crippen molar-refractivity contribution in [3.05, 3.63) is 17.7 Å². The fourth-order valence-corrected chi connectivity index (χ4v) is 1.45. The lowest BCUT2D eigenvalue weighted by Crippen LogP contribution is -2.11. The van der Waals surface area contributed by atoms with Crippen molar-refractivity contribution in [2.75, 3.05) is 6.54 Å². The van der Waals surface area contributed by atoms with Gasteiger partial charge in [0, 0.05) is 24.9 Å². The Morgan fingerprint density at radius 2 is 2.46 bits per heavy atom. The number of nitrogens with zero attached hydrogens (tertiary/aromatic N) is 1. The van der Waals surface area contributed by atoms with Crippen molar-refractivity contribution in [2.45, 2.75) is 32.7 Å². The van der Waals surface area contributed by atoms with Crippen molar-refractivity contribution in [3.63, 3.8) is 0 Å². The lowest BCUT2D eigenvalue weighted by molar-refractivity contribution is 0.708. The van der Waals surface area contributed by atoms with Gasteiger partial charge in [-0.2, -0.15) is 0 Å². The van der Waals surface area contributed by atoms with Gasteiger partial charge in [0.05, 0.1) is 0 Å². The van der Waals surface area contributed by atoms with Crippen LogP contribution in [0.25, 0.3) is 0 Å². The van der Waals surface area contributed by atoms with Crippen molar-refractivity contribution in [2.24, 2.45) is 5.92 Å². The van der Waals surface area contributed by atoms with Gasteiger partial charge in [-0.15, -0.1) is 0 Å². The van der Waals surface area contributed by atoms with Gasteiger partial charge in [-0.1, -0.05) is 6.92 Å². The molecule has 3 nitrogen and oxygen atoms in total. The third-order valence-electron chi connectivity index (χ3n) is 2.43. The zero-order valence-corrected chi connectivity index (χ0v) is 8.14. The zero-order chi connectivity index (χ0) is 9.10. The Balaban J connectivity index is 1.84. The van der Waals surface area contributed by atoms with Crippen molar-refractivity contribution >= 4 is 0 Å². The van der Waals surface area contributed by atoms with Gasteiger partial charge in [0.15, 0.2) is 0 Å². The highest BCUT2D eigenvalue weighted by atomic mass is 15.0. The highest BCUT2D eigenvalue weighted by Gasteiger charge is 2.22. The van der Waals surface area contributed by atoms with Gasteiger partial charge in [-0.05, 0) is 25.3 Å². The monoisotopic (exact) mass is 179 g/mol. The van der Waals surface area contributed by atoms with Crippen LogP contribution in [0.4, 0.5) is 0 Å². The molecule has 0 spiro atoms. The summed E-state index contributed by atoms with van der Waals surface area (Å²) >= 11 is 0. The van der Waals surface area contributed by atoms with E-state index < -0.39 is 0 Å². The number of hydrogen-bond acceptors (Lipinski definition) is 2. The maximum atomic E-state index is 4.35. The molecule has 0 aliphatic heterocycles. The van der Waals surface area contributed by atoms with E-state index >= 15 is 0 Å². The molecular weight excluding hydrogens is 162 g/mol. The molecule has 0 unspecified atom stereocenters. The Bertz CT molecular complexity index is 263. The molecule has 13 heavy (non-hydrogen) atoms. The van der Waals surface area contributed by atoms with E-state index in [1.807, 2.05) is 6.20 Å². The summed E-state index contributed by atoms with van der Waals surface area (Å²) in [4.78, 5) is 7.70. The summed E-state index contributed by atoms with van der Waals surface area (Å²) in [5.74, 6) is 2.08. The quantitative estimate of drug-likeness (QED) is 0.718. The molecule has 1 fully saturated rings. The number of nitrogens with one attached hydrogen (secondary N) is 2. The molecule has 72 valence electrons. The molecule has 2 rings (SSSR count). The summed E-state index contributed by atoms with van der Waals surface area (Å²) in [5, 5.41) is 3.28.